The molecule has 53 heavy (non-hydrogen) atoms. The second kappa shape index (κ2) is 39.9. The van der Waals surface area contributed by atoms with Crippen LogP contribution in [0.25, 0.3) is 0 Å². The minimum atomic E-state index is 0.691. The van der Waals surface area contributed by atoms with E-state index in [4.69, 9.17) is 20.6 Å². The van der Waals surface area contributed by atoms with Gasteiger partial charge < -0.3 is 14.2 Å². The molecule has 0 saturated heterocycles. The van der Waals surface area contributed by atoms with Crippen molar-refractivity contribution in [1.82, 2.24) is 0 Å². The lowest BCUT2D eigenvalue weighted by Gasteiger charge is -2.18. The van der Waals surface area contributed by atoms with E-state index in [0.717, 1.165) is 42.1 Å². The maximum absolute atomic E-state index is 6.47. The number of hydrogen-bond acceptors (Lipinski definition) is 3. The molecule has 1 aromatic carbocycles. The molecule has 0 radical (unpaired) electrons. The molecule has 1 rings (SSSR count). The Kier molecular flexibility index (Phi) is 37.0. The van der Waals surface area contributed by atoms with Crippen LogP contribution in [0.5, 0.6) is 17.2 Å². The summed E-state index contributed by atoms with van der Waals surface area (Å²) >= 11 is 0. The minimum Gasteiger partial charge on any atom is -0.490 e. The molecule has 1 aromatic rings. The van der Waals surface area contributed by atoms with Gasteiger partial charge in [0.25, 0.3) is 0 Å². The van der Waals surface area contributed by atoms with E-state index in [2.05, 4.69) is 26.7 Å². The highest BCUT2D eigenvalue weighted by Crippen LogP contribution is 2.39. The predicted molar refractivity (Wildman–Crippen MR) is 234 cm³/mol. The van der Waals surface area contributed by atoms with E-state index < -0.39 is 0 Å². The van der Waals surface area contributed by atoms with Crippen LogP contribution in [0.4, 0.5) is 0 Å². The van der Waals surface area contributed by atoms with Gasteiger partial charge in [-0.2, -0.15) is 0 Å². The number of terminal acetylenes is 1. The average Bonchev–Trinajstić information content (AvgIpc) is 3.17. The monoisotopic (exact) mass is 739 g/mol. The Morgan fingerprint density at radius 2 is 0.566 bits per heavy atom. The molecule has 0 fully saturated rings. The molecule has 0 saturated carbocycles. The highest BCUT2D eigenvalue weighted by molar-refractivity contribution is 5.57. The number of ether oxygens (including phenoxy) is 3. The summed E-state index contributed by atoms with van der Waals surface area (Å²) in [5, 5.41) is 0. The molecule has 308 valence electrons. The van der Waals surface area contributed by atoms with E-state index in [-0.39, 0.29) is 0 Å². The summed E-state index contributed by atoms with van der Waals surface area (Å²) in [6.07, 6.45) is 54.1. The van der Waals surface area contributed by atoms with Crippen molar-refractivity contribution in [2.24, 2.45) is 0 Å². The molecular formula is C50H90O3. The molecule has 0 atom stereocenters. The van der Waals surface area contributed by atoms with Gasteiger partial charge >= 0.3 is 0 Å². The Bertz CT molecular complexity index is 882. The van der Waals surface area contributed by atoms with Crippen LogP contribution < -0.4 is 14.2 Å². The van der Waals surface area contributed by atoms with E-state index in [1.54, 1.807) is 0 Å². The van der Waals surface area contributed by atoms with E-state index in [0.29, 0.717) is 19.8 Å². The van der Waals surface area contributed by atoms with Crippen molar-refractivity contribution < 1.29 is 14.2 Å². The van der Waals surface area contributed by atoms with Gasteiger partial charge in [0.15, 0.2) is 11.5 Å². The van der Waals surface area contributed by atoms with E-state index in [1.807, 2.05) is 12.1 Å². The van der Waals surface area contributed by atoms with Crippen LogP contribution in [0, 0.1) is 12.3 Å². The SMILES string of the molecule is C#Cc1cc(OCCCCCCCCCCCCCC)c(OCCCCCCCCCCCCCC)c(OCCCCCCCCCCCCCC)c1. The summed E-state index contributed by atoms with van der Waals surface area (Å²) in [5.74, 6) is 5.10. The van der Waals surface area contributed by atoms with Crippen LogP contribution in [0.15, 0.2) is 12.1 Å². The summed E-state index contributed by atoms with van der Waals surface area (Å²) < 4.78 is 19.3. The van der Waals surface area contributed by atoms with Crippen molar-refractivity contribution in [2.75, 3.05) is 19.8 Å². The molecule has 0 aliphatic carbocycles. The molecule has 0 bridgehead atoms. The van der Waals surface area contributed by atoms with Crippen LogP contribution in [-0.4, -0.2) is 19.8 Å². The smallest absolute Gasteiger partial charge is 0.203 e. The zero-order valence-electron chi connectivity index (χ0n) is 36.0. The fourth-order valence-electron chi connectivity index (χ4n) is 7.38. The van der Waals surface area contributed by atoms with Crippen molar-refractivity contribution in [1.29, 1.82) is 0 Å². The van der Waals surface area contributed by atoms with Gasteiger partial charge in [-0.15, -0.1) is 6.42 Å². The molecule has 0 aliphatic rings. The molecule has 0 amide bonds. The van der Waals surface area contributed by atoms with Gasteiger partial charge in [0.2, 0.25) is 5.75 Å². The van der Waals surface area contributed by atoms with Gasteiger partial charge in [0.05, 0.1) is 19.8 Å². The molecule has 3 nitrogen and oxygen atoms in total. The molecule has 3 heteroatoms. The van der Waals surface area contributed by atoms with Gasteiger partial charge in [0, 0.05) is 5.56 Å². The Balaban J connectivity index is 2.49. The highest BCUT2D eigenvalue weighted by Gasteiger charge is 2.16. The Labute approximate surface area is 332 Å². The highest BCUT2D eigenvalue weighted by atomic mass is 16.5. The van der Waals surface area contributed by atoms with Gasteiger partial charge in [-0.3, -0.25) is 0 Å². The number of hydrogen-bond donors (Lipinski definition) is 0. The quantitative estimate of drug-likeness (QED) is 0.0494. The number of benzene rings is 1. The summed E-state index contributed by atoms with van der Waals surface area (Å²) in [7, 11) is 0. The first kappa shape index (κ1) is 49.2. The standard InChI is InChI=1S/C50H90O3/c1-5-9-12-15-18-21-24-27-30-33-36-39-42-51-48-45-47(8-4)46-49(52-43-40-37-34-31-28-25-22-19-16-13-10-6-2)50(48)53-44-41-38-35-32-29-26-23-20-17-14-11-7-3/h4,45-46H,5-7,9-44H2,1-3H3. The van der Waals surface area contributed by atoms with Crippen molar-refractivity contribution >= 4 is 0 Å². The molecule has 0 N–H and O–H groups in total. The lowest BCUT2D eigenvalue weighted by Crippen LogP contribution is -2.07. The van der Waals surface area contributed by atoms with Crippen LogP contribution in [0.1, 0.15) is 257 Å². The van der Waals surface area contributed by atoms with Crippen LogP contribution in [0.2, 0.25) is 0 Å². The maximum atomic E-state index is 6.47. The topological polar surface area (TPSA) is 27.7 Å². The van der Waals surface area contributed by atoms with Gasteiger partial charge in [0.1, 0.15) is 0 Å². The summed E-state index contributed by atoms with van der Waals surface area (Å²) in [6, 6.07) is 3.96. The molecule has 0 spiro atoms. The Morgan fingerprint density at radius 3 is 0.811 bits per heavy atom. The maximum Gasteiger partial charge on any atom is 0.203 e. The van der Waals surface area contributed by atoms with Crippen LogP contribution in [-0.2, 0) is 0 Å². The van der Waals surface area contributed by atoms with Gasteiger partial charge in [-0.1, -0.05) is 239 Å². The third kappa shape index (κ3) is 31.1. The normalized spacial score (nSPS) is 11.2. The molecule has 0 unspecified atom stereocenters. The number of unbranched alkanes of at least 4 members (excludes halogenated alkanes) is 33. The van der Waals surface area contributed by atoms with E-state index in [9.17, 15) is 0 Å². The zero-order valence-corrected chi connectivity index (χ0v) is 36.0. The third-order valence-electron chi connectivity index (χ3n) is 10.9. The largest absolute Gasteiger partial charge is 0.490 e. The number of rotatable bonds is 42. The van der Waals surface area contributed by atoms with Crippen LogP contribution >= 0.6 is 0 Å². The summed E-state index contributed by atoms with van der Waals surface area (Å²) in [4.78, 5) is 0. The predicted octanol–water partition coefficient (Wildman–Crippen LogP) is 16.9. The average molecular weight is 739 g/mol. The molecule has 0 aromatic heterocycles. The summed E-state index contributed by atoms with van der Waals surface area (Å²) in [6.45, 7) is 8.95. The van der Waals surface area contributed by atoms with Crippen molar-refractivity contribution in [2.45, 2.75) is 252 Å². The van der Waals surface area contributed by atoms with Crippen molar-refractivity contribution in [3.8, 4) is 29.6 Å². The van der Waals surface area contributed by atoms with E-state index >= 15 is 0 Å². The first-order valence-electron chi connectivity index (χ1n) is 23.8. The molecular weight excluding hydrogens is 649 g/mol. The van der Waals surface area contributed by atoms with Crippen LogP contribution in [0.3, 0.4) is 0 Å². The Hall–Kier alpha value is -1.82. The van der Waals surface area contributed by atoms with Gasteiger partial charge in [-0.25, -0.2) is 0 Å². The molecule has 0 aliphatic heterocycles. The fourth-order valence-corrected chi connectivity index (χ4v) is 7.38. The van der Waals surface area contributed by atoms with Crippen molar-refractivity contribution in [3.05, 3.63) is 17.7 Å². The lowest BCUT2D eigenvalue weighted by molar-refractivity contribution is 0.234. The second-order valence-corrected chi connectivity index (χ2v) is 16.2. The van der Waals surface area contributed by atoms with Crippen molar-refractivity contribution in [3.63, 3.8) is 0 Å². The fraction of sp³-hybridized carbons (Fsp3) is 0.840. The first-order chi connectivity index (χ1) is 26.3. The summed E-state index contributed by atoms with van der Waals surface area (Å²) in [5.41, 5.74) is 0.803. The molecule has 0 heterocycles. The Morgan fingerprint density at radius 1 is 0.340 bits per heavy atom. The second-order valence-electron chi connectivity index (χ2n) is 16.2. The third-order valence-corrected chi connectivity index (χ3v) is 10.9. The zero-order chi connectivity index (χ0) is 38.1. The van der Waals surface area contributed by atoms with Gasteiger partial charge in [-0.05, 0) is 31.4 Å². The first-order valence-corrected chi connectivity index (χ1v) is 23.8. The van der Waals surface area contributed by atoms with E-state index in [1.165, 1.54) is 212 Å². The lowest BCUT2D eigenvalue weighted by atomic mass is 10.1. The minimum absolute atomic E-state index is 0.691.